The lowest BCUT2D eigenvalue weighted by Crippen LogP contribution is -2.00. The summed E-state index contributed by atoms with van der Waals surface area (Å²) in [5, 5.41) is 8.55. The fourth-order valence-electron chi connectivity index (χ4n) is 8.23. The average Bonchev–Trinajstić information content (AvgIpc) is 3.91. The van der Waals surface area contributed by atoms with Gasteiger partial charge < -0.3 is 8.83 Å². The van der Waals surface area contributed by atoms with Gasteiger partial charge in [0.15, 0.2) is 23.1 Å². The Morgan fingerprint density at radius 3 is 1.71 bits per heavy atom. The van der Waals surface area contributed by atoms with E-state index in [1.807, 2.05) is 48.5 Å². The van der Waals surface area contributed by atoms with E-state index < -0.39 is 0 Å². The van der Waals surface area contributed by atoms with Crippen LogP contribution in [-0.4, -0.2) is 19.9 Å². The Balaban J connectivity index is 1.01. The van der Waals surface area contributed by atoms with Crippen LogP contribution in [0, 0.1) is 0 Å². The summed E-state index contributed by atoms with van der Waals surface area (Å²) in [5.74, 6) is 2.37. The second kappa shape index (κ2) is 12.8. The molecule has 0 spiro atoms. The number of hydrogen-bond donors (Lipinski definition) is 0. The molecule has 0 N–H and O–H groups in total. The second-order valence-corrected chi connectivity index (χ2v) is 14.6. The largest absolute Gasteiger partial charge is 0.455 e. The van der Waals surface area contributed by atoms with E-state index in [9.17, 15) is 0 Å². The van der Waals surface area contributed by atoms with Gasteiger partial charge in [0.1, 0.15) is 16.7 Å². The van der Waals surface area contributed by atoms with Crippen molar-refractivity contribution in [1.82, 2.24) is 19.9 Å². The Hall–Kier alpha value is -7.96. The van der Waals surface area contributed by atoms with Crippen LogP contribution < -0.4 is 0 Å². The summed E-state index contributed by atoms with van der Waals surface area (Å²) in [6.45, 7) is 0. The molecule has 6 heteroatoms. The van der Waals surface area contributed by atoms with Gasteiger partial charge in [-0.15, -0.1) is 0 Å². The molecule has 0 amide bonds. The number of fused-ring (bicyclic) bond motifs is 9. The minimum absolute atomic E-state index is 0.580. The number of hydrogen-bond acceptors (Lipinski definition) is 6. The standard InChI is InChI=1S/C52H30N4O2/c1-2-11-35(12-3-1)52-53-47-45(58-52)28-27-44-46(47)43-26-25-40-41(48(43)57-44)15-8-16-42(40)51-55-49(54-50(56-51)39-24-20-32-10-5-7-14-37(32)30-39)34-21-17-33(18-22-34)38-23-19-31-9-4-6-13-36(31)29-38/h1-30H. The number of oxazole rings is 1. The first-order chi connectivity index (χ1) is 28.7. The minimum atomic E-state index is 0.580. The van der Waals surface area contributed by atoms with Crippen LogP contribution in [0.15, 0.2) is 191 Å². The zero-order valence-corrected chi connectivity index (χ0v) is 30.9. The molecule has 6 nitrogen and oxygen atoms in total. The number of nitrogens with zero attached hydrogens (tertiary/aromatic N) is 4. The summed E-state index contributed by atoms with van der Waals surface area (Å²) in [7, 11) is 0. The number of furan rings is 1. The van der Waals surface area contributed by atoms with Crippen molar-refractivity contribution >= 4 is 65.4 Å². The second-order valence-electron chi connectivity index (χ2n) is 14.6. The number of rotatable bonds is 5. The summed E-state index contributed by atoms with van der Waals surface area (Å²) >= 11 is 0. The topological polar surface area (TPSA) is 77.8 Å². The zero-order valence-electron chi connectivity index (χ0n) is 30.9. The highest BCUT2D eigenvalue weighted by molar-refractivity contribution is 6.23. The molecule has 0 aliphatic rings. The molecule has 0 saturated heterocycles. The van der Waals surface area contributed by atoms with E-state index in [1.54, 1.807) is 0 Å². The molecule has 0 aliphatic heterocycles. The van der Waals surface area contributed by atoms with Crippen LogP contribution in [0.4, 0.5) is 0 Å². The van der Waals surface area contributed by atoms with Crippen LogP contribution >= 0.6 is 0 Å². The van der Waals surface area contributed by atoms with Crippen molar-refractivity contribution in [2.45, 2.75) is 0 Å². The molecule has 0 unspecified atom stereocenters. The van der Waals surface area contributed by atoms with Crippen molar-refractivity contribution in [1.29, 1.82) is 0 Å². The molecule has 9 aromatic carbocycles. The van der Waals surface area contributed by atoms with Gasteiger partial charge in [-0.05, 0) is 80.5 Å². The fourth-order valence-corrected chi connectivity index (χ4v) is 8.23. The maximum absolute atomic E-state index is 6.64. The highest BCUT2D eigenvalue weighted by Gasteiger charge is 2.20. The van der Waals surface area contributed by atoms with E-state index in [0.717, 1.165) is 82.4 Å². The third-order valence-corrected chi connectivity index (χ3v) is 11.1. The molecule has 12 aromatic rings. The molecular formula is C52H30N4O2. The number of aromatic nitrogens is 4. The van der Waals surface area contributed by atoms with Gasteiger partial charge in [-0.3, -0.25) is 0 Å². The van der Waals surface area contributed by atoms with E-state index in [0.29, 0.717) is 28.9 Å². The Morgan fingerprint density at radius 2 is 0.931 bits per heavy atom. The molecule has 0 atom stereocenters. The summed E-state index contributed by atoms with van der Waals surface area (Å²) < 4.78 is 12.9. The van der Waals surface area contributed by atoms with Crippen molar-refractivity contribution in [3.05, 3.63) is 182 Å². The maximum atomic E-state index is 6.64. The first-order valence-electron chi connectivity index (χ1n) is 19.3. The summed E-state index contributed by atoms with van der Waals surface area (Å²) in [6, 6.07) is 62.5. The maximum Gasteiger partial charge on any atom is 0.227 e. The van der Waals surface area contributed by atoms with Gasteiger partial charge in [0, 0.05) is 33.0 Å². The monoisotopic (exact) mass is 742 g/mol. The molecule has 3 aromatic heterocycles. The first kappa shape index (κ1) is 32.3. The lowest BCUT2D eigenvalue weighted by atomic mass is 10.00. The van der Waals surface area contributed by atoms with Gasteiger partial charge in [-0.2, -0.15) is 0 Å². The van der Waals surface area contributed by atoms with Crippen LogP contribution in [0.25, 0.3) is 122 Å². The molecule has 0 bridgehead atoms. The SMILES string of the molecule is c1ccc(-c2nc3c(ccc4oc5c6cccc(-c7nc(-c8ccc(-c9ccc%10ccccc%10c9)cc8)nc(-c8ccc9ccccc9c8)n7)c6ccc5c43)o2)cc1. The lowest BCUT2D eigenvalue weighted by Gasteiger charge is -2.11. The van der Waals surface area contributed by atoms with Gasteiger partial charge in [0.2, 0.25) is 5.89 Å². The molecule has 0 fully saturated rings. The Bertz CT molecular complexity index is 3570. The van der Waals surface area contributed by atoms with Crippen molar-refractivity contribution in [3.8, 4) is 56.7 Å². The van der Waals surface area contributed by atoms with Crippen LogP contribution in [0.2, 0.25) is 0 Å². The van der Waals surface area contributed by atoms with Gasteiger partial charge in [0.25, 0.3) is 0 Å². The molecule has 58 heavy (non-hydrogen) atoms. The molecule has 12 rings (SSSR count). The normalized spacial score (nSPS) is 11.8. The van der Waals surface area contributed by atoms with Crippen molar-refractivity contribution < 1.29 is 8.83 Å². The van der Waals surface area contributed by atoms with E-state index >= 15 is 0 Å². The van der Waals surface area contributed by atoms with Crippen LogP contribution in [0.5, 0.6) is 0 Å². The van der Waals surface area contributed by atoms with Crippen LogP contribution in [0.3, 0.4) is 0 Å². The van der Waals surface area contributed by atoms with Gasteiger partial charge in [-0.1, -0.05) is 140 Å². The Labute approximate surface area is 331 Å². The van der Waals surface area contributed by atoms with Gasteiger partial charge >= 0.3 is 0 Å². The third-order valence-electron chi connectivity index (χ3n) is 11.1. The van der Waals surface area contributed by atoms with Crippen molar-refractivity contribution in [2.24, 2.45) is 0 Å². The fraction of sp³-hybridized carbons (Fsp3) is 0. The third kappa shape index (κ3) is 5.27. The first-order valence-corrected chi connectivity index (χ1v) is 19.3. The van der Waals surface area contributed by atoms with E-state index in [4.69, 9.17) is 28.8 Å². The highest BCUT2D eigenvalue weighted by atomic mass is 16.4. The molecule has 0 saturated carbocycles. The van der Waals surface area contributed by atoms with Gasteiger partial charge in [-0.25, -0.2) is 19.9 Å². The van der Waals surface area contributed by atoms with Gasteiger partial charge in [0.05, 0.1) is 5.39 Å². The van der Waals surface area contributed by atoms with E-state index in [2.05, 4.69) is 133 Å². The lowest BCUT2D eigenvalue weighted by molar-refractivity contribution is 0.619. The zero-order chi connectivity index (χ0) is 38.2. The predicted octanol–water partition coefficient (Wildman–Crippen LogP) is 13.7. The molecule has 0 radical (unpaired) electrons. The van der Waals surface area contributed by atoms with E-state index in [1.165, 1.54) is 10.8 Å². The summed E-state index contributed by atoms with van der Waals surface area (Å²) in [5.41, 5.74) is 8.94. The Morgan fingerprint density at radius 1 is 0.328 bits per heavy atom. The predicted molar refractivity (Wildman–Crippen MR) is 234 cm³/mol. The average molecular weight is 743 g/mol. The highest BCUT2D eigenvalue weighted by Crippen LogP contribution is 2.41. The smallest absolute Gasteiger partial charge is 0.227 e. The molecule has 0 aliphatic carbocycles. The van der Waals surface area contributed by atoms with Crippen molar-refractivity contribution in [2.75, 3.05) is 0 Å². The number of benzene rings is 9. The molecular weight excluding hydrogens is 713 g/mol. The van der Waals surface area contributed by atoms with Crippen LogP contribution in [-0.2, 0) is 0 Å². The molecule has 3 heterocycles. The summed E-state index contributed by atoms with van der Waals surface area (Å²) in [4.78, 5) is 20.4. The van der Waals surface area contributed by atoms with E-state index in [-0.39, 0.29) is 0 Å². The molecule has 270 valence electrons. The van der Waals surface area contributed by atoms with Crippen molar-refractivity contribution in [3.63, 3.8) is 0 Å². The minimum Gasteiger partial charge on any atom is -0.455 e. The summed E-state index contributed by atoms with van der Waals surface area (Å²) in [6.07, 6.45) is 0. The van der Waals surface area contributed by atoms with Crippen LogP contribution in [0.1, 0.15) is 0 Å². The Kier molecular flexibility index (Phi) is 7.13. The quantitative estimate of drug-likeness (QED) is 0.175.